The van der Waals surface area contributed by atoms with E-state index in [1.165, 1.54) is 42.3 Å². The second kappa shape index (κ2) is 7.90. The van der Waals surface area contributed by atoms with Crippen molar-refractivity contribution in [2.75, 3.05) is 27.7 Å². The Morgan fingerprint density at radius 1 is 1.04 bits per heavy atom. The summed E-state index contributed by atoms with van der Waals surface area (Å²) in [4.78, 5) is 28.0. The number of aromatic hydroxyl groups is 1. The fourth-order valence-corrected chi connectivity index (χ4v) is 2.57. The number of likely N-dealkylation sites (N-methyl/N-ethyl adjacent to an activating group) is 2. The van der Waals surface area contributed by atoms with Crippen molar-refractivity contribution in [1.29, 1.82) is 0 Å². The molecule has 1 unspecified atom stereocenters. The summed E-state index contributed by atoms with van der Waals surface area (Å²) in [6.45, 7) is -0.137. The Labute approximate surface area is 146 Å². The summed E-state index contributed by atoms with van der Waals surface area (Å²) >= 11 is 0. The van der Waals surface area contributed by atoms with Crippen molar-refractivity contribution >= 4 is 11.7 Å². The number of phenols is 1. The van der Waals surface area contributed by atoms with Crippen molar-refractivity contribution in [2.45, 2.75) is 6.04 Å². The summed E-state index contributed by atoms with van der Waals surface area (Å²) in [5.74, 6) is -1.04. The lowest BCUT2D eigenvalue weighted by molar-refractivity contribution is -0.134. The number of rotatable bonds is 6. The third kappa shape index (κ3) is 4.42. The number of hydrogen-bond donors (Lipinski definition) is 1. The monoisotopic (exact) mass is 344 g/mol. The van der Waals surface area contributed by atoms with Gasteiger partial charge in [0, 0.05) is 18.2 Å². The summed E-state index contributed by atoms with van der Waals surface area (Å²) < 4.78 is 14.1. The highest BCUT2D eigenvalue weighted by atomic mass is 19.1. The summed E-state index contributed by atoms with van der Waals surface area (Å²) in [5.41, 5.74) is 0.658. The molecule has 1 atom stereocenters. The summed E-state index contributed by atoms with van der Waals surface area (Å²) in [7, 11) is 4.88. The van der Waals surface area contributed by atoms with E-state index in [-0.39, 0.29) is 29.5 Å². The molecule has 1 amide bonds. The minimum absolute atomic E-state index is 0.0632. The molecule has 0 aliphatic rings. The van der Waals surface area contributed by atoms with Crippen molar-refractivity contribution in [3.8, 4) is 5.75 Å². The minimum atomic E-state index is -0.821. The van der Waals surface area contributed by atoms with Crippen LogP contribution in [0.1, 0.15) is 22.0 Å². The molecule has 25 heavy (non-hydrogen) atoms. The molecule has 2 aromatic carbocycles. The number of amides is 1. The topological polar surface area (TPSA) is 60.9 Å². The van der Waals surface area contributed by atoms with Gasteiger partial charge in [-0.15, -0.1) is 0 Å². The van der Waals surface area contributed by atoms with E-state index in [4.69, 9.17) is 0 Å². The molecule has 2 aromatic rings. The van der Waals surface area contributed by atoms with Crippen molar-refractivity contribution in [3.05, 3.63) is 65.5 Å². The van der Waals surface area contributed by atoms with Crippen LogP contribution < -0.4 is 0 Å². The van der Waals surface area contributed by atoms with Crippen LogP contribution in [0.5, 0.6) is 5.75 Å². The lowest BCUT2D eigenvalue weighted by Gasteiger charge is -2.28. The molecule has 1 N–H and O–H groups in total. The van der Waals surface area contributed by atoms with Crippen LogP contribution >= 0.6 is 0 Å². The smallest absolute Gasteiger partial charge is 0.244 e. The predicted octanol–water partition coefficient (Wildman–Crippen LogP) is 2.48. The average Bonchev–Trinajstić information content (AvgIpc) is 2.56. The van der Waals surface area contributed by atoms with Crippen LogP contribution in [0.25, 0.3) is 0 Å². The molecule has 0 bridgehead atoms. The van der Waals surface area contributed by atoms with Crippen LogP contribution in [0.4, 0.5) is 4.39 Å². The van der Waals surface area contributed by atoms with E-state index in [9.17, 15) is 19.1 Å². The molecule has 6 heteroatoms. The molecule has 0 radical (unpaired) electrons. The highest BCUT2D eigenvalue weighted by Crippen LogP contribution is 2.23. The maximum Gasteiger partial charge on any atom is 0.244 e. The van der Waals surface area contributed by atoms with Gasteiger partial charge in [0.25, 0.3) is 0 Å². The standard InChI is InChI=1S/C19H21FN2O3/c1-21(2)18(15-6-4-5-7-16(15)20)19(25)22(3)12-17(24)13-8-10-14(23)11-9-13/h4-11,18,23H,12H2,1-3H3. The van der Waals surface area contributed by atoms with Gasteiger partial charge in [-0.25, -0.2) is 4.39 Å². The van der Waals surface area contributed by atoms with Crippen molar-refractivity contribution < 1.29 is 19.1 Å². The van der Waals surface area contributed by atoms with Crippen LogP contribution in [0.3, 0.4) is 0 Å². The Hall–Kier alpha value is -2.73. The number of hydrogen-bond acceptors (Lipinski definition) is 4. The Morgan fingerprint density at radius 2 is 1.64 bits per heavy atom. The van der Waals surface area contributed by atoms with Crippen LogP contribution in [0, 0.1) is 5.82 Å². The molecule has 0 aliphatic heterocycles. The molecule has 2 rings (SSSR count). The van der Waals surface area contributed by atoms with Crippen molar-refractivity contribution in [1.82, 2.24) is 9.80 Å². The quantitative estimate of drug-likeness (QED) is 0.818. The van der Waals surface area contributed by atoms with Crippen molar-refractivity contribution in [2.24, 2.45) is 0 Å². The lowest BCUT2D eigenvalue weighted by atomic mass is 10.0. The third-order valence-electron chi connectivity index (χ3n) is 3.90. The van der Waals surface area contributed by atoms with Gasteiger partial charge >= 0.3 is 0 Å². The normalized spacial score (nSPS) is 12.0. The first-order valence-corrected chi connectivity index (χ1v) is 7.79. The third-order valence-corrected chi connectivity index (χ3v) is 3.90. The zero-order chi connectivity index (χ0) is 18.6. The number of ketones is 1. The number of nitrogens with zero attached hydrogens (tertiary/aromatic N) is 2. The zero-order valence-corrected chi connectivity index (χ0v) is 14.4. The van der Waals surface area contributed by atoms with Gasteiger partial charge in [0.2, 0.25) is 5.91 Å². The number of phenolic OH excluding ortho intramolecular Hbond substituents is 1. The zero-order valence-electron chi connectivity index (χ0n) is 14.4. The minimum Gasteiger partial charge on any atom is -0.508 e. The van der Waals surface area contributed by atoms with E-state index < -0.39 is 11.9 Å². The van der Waals surface area contributed by atoms with Crippen molar-refractivity contribution in [3.63, 3.8) is 0 Å². The van der Waals surface area contributed by atoms with Gasteiger partial charge in [0.1, 0.15) is 17.6 Å². The first-order chi connectivity index (χ1) is 11.8. The van der Waals surface area contributed by atoms with Gasteiger partial charge in [-0.1, -0.05) is 18.2 Å². The summed E-state index contributed by atoms with van der Waals surface area (Å²) in [6, 6.07) is 11.1. The van der Waals surface area contributed by atoms with E-state index >= 15 is 0 Å². The number of benzene rings is 2. The largest absolute Gasteiger partial charge is 0.508 e. The Balaban J connectivity index is 2.17. The molecule has 0 fully saturated rings. The Morgan fingerprint density at radius 3 is 2.20 bits per heavy atom. The Bertz CT molecular complexity index is 760. The first-order valence-electron chi connectivity index (χ1n) is 7.79. The first kappa shape index (κ1) is 18.6. The van der Waals surface area contributed by atoms with Gasteiger partial charge < -0.3 is 10.0 Å². The fraction of sp³-hybridized carbons (Fsp3) is 0.263. The number of halogens is 1. The molecule has 0 aliphatic carbocycles. The van der Waals surface area contributed by atoms with Gasteiger partial charge in [-0.05, 0) is 44.4 Å². The molecule has 0 saturated heterocycles. The molecular weight excluding hydrogens is 323 g/mol. The SMILES string of the molecule is CN(CC(=O)c1ccc(O)cc1)C(=O)C(c1ccccc1F)N(C)C. The number of Topliss-reactive ketones (excluding diaryl/α,β-unsaturated/α-hetero) is 1. The van der Waals surface area contributed by atoms with Gasteiger partial charge in [-0.2, -0.15) is 0 Å². The molecule has 0 aromatic heterocycles. The van der Waals surface area contributed by atoms with Gasteiger partial charge in [0.15, 0.2) is 5.78 Å². The van der Waals surface area contributed by atoms with Crippen LogP contribution in [0.15, 0.2) is 48.5 Å². The van der Waals surface area contributed by atoms with Crippen LogP contribution in [-0.2, 0) is 4.79 Å². The van der Waals surface area contributed by atoms with E-state index in [0.29, 0.717) is 5.56 Å². The maximum absolute atomic E-state index is 14.1. The average molecular weight is 344 g/mol. The molecule has 5 nitrogen and oxygen atoms in total. The Kier molecular flexibility index (Phi) is 5.88. The van der Waals surface area contributed by atoms with E-state index in [2.05, 4.69) is 0 Å². The molecule has 0 saturated carbocycles. The number of carbonyl (C=O) groups is 2. The highest BCUT2D eigenvalue weighted by molar-refractivity contribution is 5.99. The summed E-state index contributed by atoms with van der Waals surface area (Å²) in [5, 5.41) is 9.28. The summed E-state index contributed by atoms with van der Waals surface area (Å²) in [6.07, 6.45) is 0. The fourth-order valence-electron chi connectivity index (χ4n) is 2.57. The predicted molar refractivity (Wildman–Crippen MR) is 92.9 cm³/mol. The van der Waals surface area contributed by atoms with E-state index in [0.717, 1.165) is 0 Å². The second-order valence-electron chi connectivity index (χ2n) is 6.05. The van der Waals surface area contributed by atoms with E-state index in [1.807, 2.05) is 0 Å². The van der Waals surface area contributed by atoms with Crippen LogP contribution in [-0.4, -0.2) is 54.3 Å². The highest BCUT2D eigenvalue weighted by Gasteiger charge is 2.29. The molecule has 132 valence electrons. The maximum atomic E-state index is 14.1. The molecule has 0 heterocycles. The van der Waals surface area contributed by atoms with Gasteiger partial charge in [0.05, 0.1) is 6.54 Å². The molecular formula is C19H21FN2O3. The number of carbonyl (C=O) groups excluding carboxylic acids is 2. The van der Waals surface area contributed by atoms with Crippen LogP contribution in [0.2, 0.25) is 0 Å². The molecule has 0 spiro atoms. The van der Waals surface area contributed by atoms with Gasteiger partial charge in [-0.3, -0.25) is 14.5 Å². The lowest BCUT2D eigenvalue weighted by Crippen LogP contribution is -2.41. The second-order valence-corrected chi connectivity index (χ2v) is 6.05. The van der Waals surface area contributed by atoms with E-state index in [1.54, 1.807) is 37.2 Å².